The SMILES string of the molecule is CNc1nc(-c2ccc(OC)c(OC)c2)c(C(C)CCN)s1. The van der Waals surface area contributed by atoms with Gasteiger partial charge in [0, 0.05) is 17.5 Å². The van der Waals surface area contributed by atoms with Gasteiger partial charge in [0.05, 0.1) is 19.9 Å². The Morgan fingerprint density at radius 3 is 2.59 bits per heavy atom. The largest absolute Gasteiger partial charge is 0.493 e. The number of ether oxygens (including phenoxy) is 2. The van der Waals surface area contributed by atoms with Crippen LogP contribution in [0.4, 0.5) is 5.13 Å². The highest BCUT2D eigenvalue weighted by molar-refractivity contribution is 7.16. The van der Waals surface area contributed by atoms with Crippen LogP contribution < -0.4 is 20.5 Å². The van der Waals surface area contributed by atoms with E-state index >= 15 is 0 Å². The Hall–Kier alpha value is -1.79. The van der Waals surface area contributed by atoms with Gasteiger partial charge >= 0.3 is 0 Å². The second-order valence-electron chi connectivity index (χ2n) is 5.03. The molecular weight excluding hydrogens is 298 g/mol. The van der Waals surface area contributed by atoms with Gasteiger partial charge in [-0.25, -0.2) is 4.98 Å². The minimum Gasteiger partial charge on any atom is -0.493 e. The Morgan fingerprint density at radius 2 is 2.00 bits per heavy atom. The summed E-state index contributed by atoms with van der Waals surface area (Å²) in [5, 5.41) is 4.03. The van der Waals surface area contributed by atoms with Gasteiger partial charge in [0.15, 0.2) is 16.6 Å². The van der Waals surface area contributed by atoms with Crippen molar-refractivity contribution in [2.24, 2.45) is 5.73 Å². The number of nitrogens with one attached hydrogen (secondary N) is 1. The van der Waals surface area contributed by atoms with Gasteiger partial charge in [-0.15, -0.1) is 11.3 Å². The molecule has 0 fully saturated rings. The number of rotatable bonds is 7. The van der Waals surface area contributed by atoms with Gasteiger partial charge in [-0.3, -0.25) is 0 Å². The number of methoxy groups -OCH3 is 2. The van der Waals surface area contributed by atoms with Crippen LogP contribution in [0.25, 0.3) is 11.3 Å². The number of hydrogen-bond acceptors (Lipinski definition) is 6. The van der Waals surface area contributed by atoms with Crippen LogP contribution in [0.5, 0.6) is 11.5 Å². The van der Waals surface area contributed by atoms with Crippen LogP contribution in [0.15, 0.2) is 18.2 Å². The molecule has 1 unspecified atom stereocenters. The van der Waals surface area contributed by atoms with Crippen molar-refractivity contribution in [2.75, 3.05) is 33.1 Å². The van der Waals surface area contributed by atoms with E-state index in [-0.39, 0.29) is 0 Å². The number of benzene rings is 1. The molecule has 1 aromatic carbocycles. The van der Waals surface area contributed by atoms with Crippen molar-refractivity contribution in [1.82, 2.24) is 4.98 Å². The van der Waals surface area contributed by atoms with Crippen molar-refractivity contribution in [3.8, 4) is 22.8 Å². The first kappa shape index (κ1) is 16.6. The van der Waals surface area contributed by atoms with E-state index in [1.54, 1.807) is 25.6 Å². The first-order valence-corrected chi connectivity index (χ1v) is 8.07. The van der Waals surface area contributed by atoms with Gasteiger partial charge in [-0.2, -0.15) is 0 Å². The first-order valence-electron chi connectivity index (χ1n) is 7.25. The molecule has 5 nitrogen and oxygen atoms in total. The summed E-state index contributed by atoms with van der Waals surface area (Å²) in [6.45, 7) is 2.85. The third kappa shape index (κ3) is 3.34. The molecule has 1 atom stereocenters. The number of hydrogen-bond donors (Lipinski definition) is 2. The van der Waals surface area contributed by atoms with E-state index in [0.717, 1.165) is 22.8 Å². The lowest BCUT2D eigenvalue weighted by molar-refractivity contribution is 0.355. The average molecular weight is 321 g/mol. The molecule has 6 heteroatoms. The molecule has 0 aliphatic rings. The molecule has 0 spiro atoms. The summed E-state index contributed by atoms with van der Waals surface area (Å²) in [7, 11) is 5.16. The fourth-order valence-corrected chi connectivity index (χ4v) is 3.37. The summed E-state index contributed by atoms with van der Waals surface area (Å²) < 4.78 is 10.7. The smallest absolute Gasteiger partial charge is 0.183 e. The third-order valence-corrected chi connectivity index (χ3v) is 4.88. The Morgan fingerprint density at radius 1 is 1.27 bits per heavy atom. The molecular formula is C16H23N3O2S. The number of thiazole rings is 1. The zero-order valence-corrected chi connectivity index (χ0v) is 14.3. The standard InChI is InChI=1S/C16H23N3O2S/c1-10(7-8-17)15-14(19-16(18-2)22-15)11-5-6-12(20-3)13(9-11)21-4/h5-6,9-10H,7-8,17H2,1-4H3,(H,18,19). The highest BCUT2D eigenvalue weighted by atomic mass is 32.1. The van der Waals surface area contributed by atoms with E-state index in [1.807, 2.05) is 25.2 Å². The average Bonchev–Trinajstić information content (AvgIpc) is 2.99. The molecule has 1 heterocycles. The van der Waals surface area contributed by atoms with Crippen LogP contribution in [0.3, 0.4) is 0 Å². The second kappa shape index (κ2) is 7.47. The van der Waals surface area contributed by atoms with Crippen molar-refractivity contribution < 1.29 is 9.47 Å². The van der Waals surface area contributed by atoms with Gasteiger partial charge in [0.25, 0.3) is 0 Å². The van der Waals surface area contributed by atoms with E-state index in [0.29, 0.717) is 24.0 Å². The summed E-state index contributed by atoms with van der Waals surface area (Å²) in [5.74, 6) is 1.79. The highest BCUT2D eigenvalue weighted by Gasteiger charge is 2.19. The molecule has 22 heavy (non-hydrogen) atoms. The van der Waals surface area contributed by atoms with Crippen LogP contribution in [0, 0.1) is 0 Å². The predicted octanol–water partition coefficient (Wildman–Crippen LogP) is 3.32. The van der Waals surface area contributed by atoms with E-state index in [1.165, 1.54) is 4.88 Å². The van der Waals surface area contributed by atoms with Gasteiger partial charge in [-0.05, 0) is 37.1 Å². The lowest BCUT2D eigenvalue weighted by Crippen LogP contribution is -2.04. The molecule has 0 amide bonds. The predicted molar refractivity (Wildman–Crippen MR) is 92.3 cm³/mol. The van der Waals surface area contributed by atoms with Crippen LogP contribution in [-0.2, 0) is 0 Å². The topological polar surface area (TPSA) is 69.4 Å². The Bertz CT molecular complexity index is 628. The molecule has 2 rings (SSSR count). The van der Waals surface area contributed by atoms with Crippen LogP contribution in [-0.4, -0.2) is 32.8 Å². The zero-order valence-electron chi connectivity index (χ0n) is 13.5. The maximum atomic E-state index is 5.71. The summed E-state index contributed by atoms with van der Waals surface area (Å²) >= 11 is 1.68. The van der Waals surface area contributed by atoms with Gasteiger partial charge < -0.3 is 20.5 Å². The zero-order chi connectivity index (χ0) is 16.1. The molecule has 0 saturated heterocycles. The Kier molecular flexibility index (Phi) is 5.63. The van der Waals surface area contributed by atoms with Crippen molar-refractivity contribution in [2.45, 2.75) is 19.3 Å². The Balaban J connectivity index is 2.49. The highest BCUT2D eigenvalue weighted by Crippen LogP contribution is 2.40. The molecule has 0 saturated carbocycles. The van der Waals surface area contributed by atoms with Gasteiger partial charge in [0.1, 0.15) is 0 Å². The van der Waals surface area contributed by atoms with E-state index in [4.69, 9.17) is 20.2 Å². The quantitative estimate of drug-likeness (QED) is 0.818. The molecule has 0 aliphatic carbocycles. The molecule has 0 aliphatic heterocycles. The maximum absolute atomic E-state index is 5.71. The monoisotopic (exact) mass is 321 g/mol. The number of nitrogens with two attached hydrogens (primary N) is 1. The fraction of sp³-hybridized carbons (Fsp3) is 0.438. The lowest BCUT2D eigenvalue weighted by atomic mass is 10.0. The molecule has 120 valence electrons. The first-order chi connectivity index (χ1) is 10.6. The van der Waals surface area contributed by atoms with Crippen molar-refractivity contribution in [3.63, 3.8) is 0 Å². The fourth-order valence-electron chi connectivity index (χ4n) is 2.34. The van der Waals surface area contributed by atoms with Gasteiger partial charge in [0.2, 0.25) is 0 Å². The molecule has 0 bridgehead atoms. The normalized spacial score (nSPS) is 12.0. The third-order valence-electron chi connectivity index (χ3n) is 3.57. The maximum Gasteiger partial charge on any atom is 0.183 e. The Labute approximate surface area is 135 Å². The van der Waals surface area contributed by atoms with Crippen molar-refractivity contribution in [3.05, 3.63) is 23.1 Å². The summed E-state index contributed by atoms with van der Waals surface area (Å²) in [4.78, 5) is 5.94. The van der Waals surface area contributed by atoms with Gasteiger partial charge in [-0.1, -0.05) is 6.92 Å². The molecule has 0 radical (unpaired) electrons. The van der Waals surface area contributed by atoms with Crippen LogP contribution >= 0.6 is 11.3 Å². The lowest BCUT2D eigenvalue weighted by Gasteiger charge is -2.12. The van der Waals surface area contributed by atoms with Crippen molar-refractivity contribution in [1.29, 1.82) is 0 Å². The summed E-state index contributed by atoms with van der Waals surface area (Å²) in [6.07, 6.45) is 0.936. The van der Waals surface area contributed by atoms with Crippen LogP contribution in [0.2, 0.25) is 0 Å². The summed E-state index contributed by atoms with van der Waals surface area (Å²) in [5.41, 5.74) is 7.72. The van der Waals surface area contributed by atoms with Crippen LogP contribution in [0.1, 0.15) is 24.1 Å². The van der Waals surface area contributed by atoms with E-state index in [2.05, 4.69) is 12.2 Å². The molecule has 2 aromatic rings. The minimum absolute atomic E-state index is 0.368. The number of anilines is 1. The van der Waals surface area contributed by atoms with Crippen molar-refractivity contribution >= 4 is 16.5 Å². The van der Waals surface area contributed by atoms with E-state index < -0.39 is 0 Å². The number of aromatic nitrogens is 1. The number of nitrogens with zero attached hydrogens (tertiary/aromatic N) is 1. The van der Waals surface area contributed by atoms with E-state index in [9.17, 15) is 0 Å². The molecule has 1 aromatic heterocycles. The second-order valence-corrected chi connectivity index (χ2v) is 6.06. The molecule has 3 N–H and O–H groups in total. The summed E-state index contributed by atoms with van der Waals surface area (Å²) in [6, 6.07) is 5.88. The minimum atomic E-state index is 0.368.